The van der Waals surface area contributed by atoms with E-state index in [0.717, 1.165) is 0 Å². The average Bonchev–Trinajstić information content (AvgIpc) is 2.78. The molecule has 164 valence electrons. The molecule has 0 aliphatic rings. The molecule has 0 saturated heterocycles. The second-order valence-corrected chi connectivity index (χ2v) is 6.99. The monoisotopic (exact) mass is 425 g/mol. The maximum absolute atomic E-state index is 13.1. The van der Waals surface area contributed by atoms with Gasteiger partial charge in [-0.2, -0.15) is 0 Å². The lowest BCUT2D eigenvalue weighted by molar-refractivity contribution is -0.128. The lowest BCUT2D eigenvalue weighted by atomic mass is 10.0. The molecule has 0 fully saturated rings. The molecule has 2 atom stereocenters. The highest BCUT2D eigenvalue weighted by Crippen LogP contribution is 2.16. The number of carbonyl (C=O) groups is 3. The van der Waals surface area contributed by atoms with E-state index in [2.05, 4.69) is 5.32 Å². The molecule has 0 saturated carbocycles. The Morgan fingerprint density at radius 2 is 1.68 bits per heavy atom. The molecule has 2 rings (SSSR count). The first-order valence-corrected chi connectivity index (χ1v) is 9.87. The first-order chi connectivity index (χ1) is 15.3. The molecular weight excluding hydrogens is 396 g/mol. The lowest BCUT2D eigenvalue weighted by Crippen LogP contribution is -2.49. The van der Waals surface area contributed by atoms with E-state index in [1.54, 1.807) is 36.4 Å². The molecular formula is C22H28N6O3. The SMILES string of the molecule is [2H]N(C(=O)c1cccc(C(=N)N)c1)[C@@H](C(=O)N[C@@H](CCCCN)C(N)=O)c1ccccc1. The summed E-state index contributed by atoms with van der Waals surface area (Å²) in [6, 6.07) is 12.0. The zero-order valence-corrected chi connectivity index (χ0v) is 17.1. The van der Waals surface area contributed by atoms with Crippen LogP contribution in [0.15, 0.2) is 54.6 Å². The minimum atomic E-state index is -1.33. The summed E-state index contributed by atoms with van der Waals surface area (Å²) in [6.45, 7) is 0.445. The summed E-state index contributed by atoms with van der Waals surface area (Å²) in [7, 11) is 0. The summed E-state index contributed by atoms with van der Waals surface area (Å²) in [5.74, 6) is -2.41. The molecule has 0 unspecified atom stereocenters. The summed E-state index contributed by atoms with van der Waals surface area (Å²) >= 11 is 0. The van der Waals surface area contributed by atoms with Crippen LogP contribution >= 0.6 is 0 Å². The predicted molar refractivity (Wildman–Crippen MR) is 118 cm³/mol. The zero-order chi connectivity index (χ0) is 23.7. The molecule has 9 nitrogen and oxygen atoms in total. The summed E-state index contributed by atoms with van der Waals surface area (Å²) in [4.78, 5) is 38.0. The Bertz CT molecular complexity index is 969. The van der Waals surface area contributed by atoms with Crippen LogP contribution in [0.5, 0.6) is 0 Å². The second kappa shape index (κ2) is 11.5. The van der Waals surface area contributed by atoms with E-state index in [0.29, 0.717) is 42.2 Å². The number of primary amides is 1. The van der Waals surface area contributed by atoms with Gasteiger partial charge in [0.1, 0.15) is 17.9 Å². The van der Waals surface area contributed by atoms with E-state index >= 15 is 0 Å². The van der Waals surface area contributed by atoms with Crippen molar-refractivity contribution in [1.82, 2.24) is 10.6 Å². The molecule has 0 radical (unpaired) electrons. The van der Waals surface area contributed by atoms with E-state index in [1.165, 1.54) is 18.2 Å². The Morgan fingerprint density at radius 1 is 1.00 bits per heavy atom. The number of nitrogens with two attached hydrogens (primary N) is 3. The van der Waals surface area contributed by atoms with Crippen LogP contribution in [-0.4, -0.2) is 36.1 Å². The van der Waals surface area contributed by atoms with Gasteiger partial charge in [0, 0.05) is 11.1 Å². The number of amidine groups is 1. The van der Waals surface area contributed by atoms with Gasteiger partial charge in [0.2, 0.25) is 11.8 Å². The van der Waals surface area contributed by atoms with Crippen molar-refractivity contribution in [2.45, 2.75) is 31.3 Å². The normalized spacial score (nSPS) is 12.9. The van der Waals surface area contributed by atoms with Crippen molar-refractivity contribution in [1.29, 1.82) is 5.41 Å². The maximum Gasteiger partial charge on any atom is 0.252 e. The largest absolute Gasteiger partial charge is 0.384 e. The highest BCUT2D eigenvalue weighted by molar-refractivity contribution is 6.01. The highest BCUT2D eigenvalue weighted by Gasteiger charge is 2.27. The fourth-order valence-corrected chi connectivity index (χ4v) is 2.96. The van der Waals surface area contributed by atoms with Gasteiger partial charge < -0.3 is 27.8 Å². The third-order valence-electron chi connectivity index (χ3n) is 4.64. The Hall–Kier alpha value is -3.72. The van der Waals surface area contributed by atoms with E-state index < -0.39 is 29.8 Å². The fourth-order valence-electron chi connectivity index (χ4n) is 2.96. The van der Waals surface area contributed by atoms with E-state index in [-0.39, 0.29) is 11.4 Å². The van der Waals surface area contributed by atoms with Crippen molar-refractivity contribution in [3.8, 4) is 0 Å². The molecule has 0 aliphatic heterocycles. The predicted octanol–water partition coefficient (Wildman–Crippen LogP) is 0.541. The Balaban J connectivity index is 2.33. The van der Waals surface area contributed by atoms with Gasteiger partial charge in [0.25, 0.3) is 5.91 Å². The third kappa shape index (κ3) is 6.93. The summed E-state index contributed by atoms with van der Waals surface area (Å²) < 4.78 is 8.44. The number of carbonyl (C=O) groups excluding carboxylic acids is 3. The lowest BCUT2D eigenvalue weighted by Gasteiger charge is -2.22. The van der Waals surface area contributed by atoms with Gasteiger partial charge in [-0.3, -0.25) is 19.8 Å². The van der Waals surface area contributed by atoms with E-state index in [1.807, 2.05) is 0 Å². The topological polar surface area (TPSA) is 177 Å². The van der Waals surface area contributed by atoms with Gasteiger partial charge in [-0.25, -0.2) is 0 Å². The number of amides is 3. The summed E-state index contributed by atoms with van der Waals surface area (Å²) in [5.41, 5.74) is 17.2. The van der Waals surface area contributed by atoms with Gasteiger partial charge in [-0.1, -0.05) is 42.5 Å². The van der Waals surface area contributed by atoms with Gasteiger partial charge in [-0.05, 0) is 43.5 Å². The van der Waals surface area contributed by atoms with Crippen LogP contribution in [0.3, 0.4) is 0 Å². The number of unbranched alkanes of at least 4 members (excludes halogenated alkanes) is 1. The van der Waals surface area contributed by atoms with Crippen molar-refractivity contribution in [2.24, 2.45) is 17.2 Å². The molecule has 0 aliphatic carbocycles. The minimum absolute atomic E-state index is 0.0934. The van der Waals surface area contributed by atoms with Crippen LogP contribution in [0.4, 0.5) is 0 Å². The molecule has 0 heterocycles. The van der Waals surface area contributed by atoms with E-state index in [9.17, 15) is 14.4 Å². The number of rotatable bonds is 11. The van der Waals surface area contributed by atoms with Crippen LogP contribution in [0.2, 0.25) is 1.41 Å². The molecule has 3 amide bonds. The Labute approximate surface area is 182 Å². The van der Waals surface area contributed by atoms with Crippen LogP contribution < -0.4 is 27.8 Å². The molecule has 0 aromatic heterocycles. The van der Waals surface area contributed by atoms with Crippen LogP contribution in [0.1, 0.15) is 46.8 Å². The fraction of sp³-hybridized carbons (Fsp3) is 0.273. The number of nitrogen functional groups attached to an aromatic ring is 1. The van der Waals surface area contributed by atoms with Crippen molar-refractivity contribution < 1.29 is 15.8 Å². The van der Waals surface area contributed by atoms with Gasteiger partial charge in [-0.15, -0.1) is 0 Å². The van der Waals surface area contributed by atoms with Crippen molar-refractivity contribution >= 4 is 23.6 Å². The average molecular weight is 426 g/mol. The van der Waals surface area contributed by atoms with Crippen LogP contribution in [0.25, 0.3) is 0 Å². The molecule has 2 aromatic rings. The van der Waals surface area contributed by atoms with Crippen LogP contribution in [-0.2, 0) is 9.59 Å². The first kappa shape index (κ1) is 22.0. The number of hydrogen-bond acceptors (Lipinski definition) is 5. The summed E-state index contributed by atoms with van der Waals surface area (Å²) in [5, 5.41) is 10.7. The third-order valence-corrected chi connectivity index (χ3v) is 4.64. The standard InChI is InChI=1S/C22H28N6O3/c23-12-5-4-11-17(20(26)29)27-22(31)18(14-7-2-1-3-8-14)28-21(30)16-10-6-9-15(13-16)19(24)25/h1-3,6-10,13,17-18H,4-5,11-12,23H2,(H3,24,25)(H2,26,29)(H,27,31)(H,28,30)/t17-,18+/m0/s1/i/hD. The Kier molecular flexibility index (Phi) is 8.13. The van der Waals surface area contributed by atoms with Gasteiger partial charge in [0.05, 0.1) is 0 Å². The quantitative estimate of drug-likeness (QED) is 0.174. The minimum Gasteiger partial charge on any atom is -0.384 e. The van der Waals surface area contributed by atoms with Gasteiger partial charge in [0.15, 0.2) is 1.41 Å². The smallest absolute Gasteiger partial charge is 0.252 e. The second-order valence-electron chi connectivity index (χ2n) is 6.99. The van der Waals surface area contributed by atoms with Crippen molar-refractivity contribution in [2.75, 3.05) is 6.54 Å². The maximum atomic E-state index is 13.1. The molecule has 9 heteroatoms. The number of benzene rings is 2. The van der Waals surface area contributed by atoms with Gasteiger partial charge >= 0.3 is 0 Å². The molecule has 31 heavy (non-hydrogen) atoms. The molecule has 2 aromatic carbocycles. The number of nitrogens with one attached hydrogen (secondary N) is 3. The zero-order valence-electron chi connectivity index (χ0n) is 18.1. The van der Waals surface area contributed by atoms with Crippen LogP contribution in [0, 0.1) is 5.41 Å². The van der Waals surface area contributed by atoms with Crippen molar-refractivity contribution in [3.05, 3.63) is 71.3 Å². The molecule has 9 N–H and O–H groups in total. The van der Waals surface area contributed by atoms with Crippen molar-refractivity contribution in [3.63, 3.8) is 0 Å². The van der Waals surface area contributed by atoms with E-state index in [4.69, 9.17) is 24.0 Å². The molecule has 0 bridgehead atoms. The molecule has 0 spiro atoms. The Morgan fingerprint density at radius 3 is 2.29 bits per heavy atom. The summed E-state index contributed by atoms with van der Waals surface area (Å²) in [6.07, 6.45) is 1.55. The first-order valence-electron chi connectivity index (χ1n) is 10.3. The number of hydrogen-bond donors (Lipinski definition) is 6. The highest BCUT2D eigenvalue weighted by atomic mass is 16.2.